The molecule has 1 aromatic heterocycles. The van der Waals surface area contributed by atoms with E-state index < -0.39 is 5.97 Å². The molecule has 7 heteroatoms. The average molecular weight is 229 g/mol. The first-order valence-corrected chi connectivity index (χ1v) is 4.98. The molecule has 0 aliphatic carbocycles. The summed E-state index contributed by atoms with van der Waals surface area (Å²) in [6.07, 6.45) is 1.41. The third kappa shape index (κ3) is 2.91. The minimum atomic E-state index is -0.442. The van der Waals surface area contributed by atoms with Crippen molar-refractivity contribution in [3.63, 3.8) is 0 Å². The van der Waals surface area contributed by atoms with Gasteiger partial charge in [-0.3, -0.25) is 0 Å². The Kier molecular flexibility index (Phi) is 4.04. The monoisotopic (exact) mass is 229 g/mol. The van der Waals surface area contributed by atoms with Crippen molar-refractivity contribution < 1.29 is 13.9 Å². The van der Waals surface area contributed by atoms with E-state index in [1.54, 1.807) is 0 Å². The molecule has 0 saturated carbocycles. The molecule has 6 nitrogen and oxygen atoms in total. The van der Waals surface area contributed by atoms with E-state index in [1.165, 1.54) is 31.2 Å². The highest BCUT2D eigenvalue weighted by molar-refractivity contribution is 8.13. The number of furan rings is 1. The predicted molar refractivity (Wildman–Crippen MR) is 57.2 cm³/mol. The molecule has 15 heavy (non-hydrogen) atoms. The molecule has 0 saturated heterocycles. The fourth-order valence-corrected chi connectivity index (χ4v) is 1.50. The third-order valence-corrected chi connectivity index (χ3v) is 2.44. The van der Waals surface area contributed by atoms with Gasteiger partial charge in [-0.15, -0.1) is 0 Å². The molecule has 1 rings (SSSR count). The van der Waals surface area contributed by atoms with Gasteiger partial charge < -0.3 is 20.7 Å². The molecule has 0 radical (unpaired) electrons. The normalized spacial score (nSPS) is 11.4. The maximum Gasteiger partial charge on any atom is 0.341 e. The number of carbonyl (C=O) groups excluding carboxylic acids is 1. The van der Waals surface area contributed by atoms with Gasteiger partial charge in [0, 0.05) is 0 Å². The lowest BCUT2D eigenvalue weighted by molar-refractivity contribution is 0.0598. The summed E-state index contributed by atoms with van der Waals surface area (Å²) in [5.74, 6) is 5.38. The number of hydrogen-bond donors (Lipinski definition) is 2. The van der Waals surface area contributed by atoms with Crippen LogP contribution in [0.4, 0.5) is 0 Å². The average Bonchev–Trinajstić information content (AvgIpc) is 2.72. The topological polar surface area (TPSA) is 104 Å². The third-order valence-electron chi connectivity index (χ3n) is 1.63. The number of carbonyl (C=O) groups is 1. The lowest BCUT2D eigenvalue weighted by Gasteiger charge is -2.00. The van der Waals surface area contributed by atoms with Crippen LogP contribution in [0.2, 0.25) is 0 Å². The smallest absolute Gasteiger partial charge is 0.341 e. The Bertz CT molecular complexity index is 375. The van der Waals surface area contributed by atoms with Crippen molar-refractivity contribution in [1.82, 2.24) is 0 Å². The van der Waals surface area contributed by atoms with Gasteiger partial charge in [-0.25, -0.2) is 4.79 Å². The van der Waals surface area contributed by atoms with E-state index in [0.717, 1.165) is 0 Å². The van der Waals surface area contributed by atoms with Crippen molar-refractivity contribution in [2.24, 2.45) is 16.7 Å². The number of hydrazone groups is 1. The van der Waals surface area contributed by atoms with Crippen LogP contribution in [0.3, 0.4) is 0 Å². The Hall–Kier alpha value is -1.63. The number of nitrogens with zero attached hydrogens (tertiary/aromatic N) is 1. The summed E-state index contributed by atoms with van der Waals surface area (Å²) < 4.78 is 9.68. The number of esters is 1. The molecule has 0 aliphatic rings. The Morgan fingerprint density at radius 2 is 2.47 bits per heavy atom. The number of ether oxygens (including phenoxy) is 1. The number of methoxy groups -OCH3 is 1. The van der Waals surface area contributed by atoms with Crippen LogP contribution in [0.25, 0.3) is 0 Å². The molecular weight excluding hydrogens is 218 g/mol. The van der Waals surface area contributed by atoms with Crippen LogP contribution in [0, 0.1) is 0 Å². The summed E-state index contributed by atoms with van der Waals surface area (Å²) in [6, 6.07) is 1.54. The first-order valence-electron chi connectivity index (χ1n) is 4.00. The molecule has 82 valence electrons. The Morgan fingerprint density at radius 1 is 1.73 bits per heavy atom. The Balaban J connectivity index is 2.69. The highest BCUT2D eigenvalue weighted by Crippen LogP contribution is 2.18. The minimum Gasteiger partial charge on any atom is -0.468 e. The zero-order valence-corrected chi connectivity index (χ0v) is 8.91. The molecular formula is C8H11N3O3S. The number of hydrogen-bond acceptors (Lipinski definition) is 6. The van der Waals surface area contributed by atoms with Crippen LogP contribution in [-0.2, 0) is 10.5 Å². The molecule has 0 spiro atoms. The molecule has 0 bridgehead atoms. The largest absolute Gasteiger partial charge is 0.468 e. The molecule has 0 aliphatic heterocycles. The van der Waals surface area contributed by atoms with Gasteiger partial charge >= 0.3 is 5.97 Å². The quantitative estimate of drug-likeness (QED) is 0.257. The van der Waals surface area contributed by atoms with Crippen LogP contribution in [0.15, 0.2) is 21.8 Å². The first-order chi connectivity index (χ1) is 7.19. The number of amidine groups is 1. The van der Waals surface area contributed by atoms with E-state index in [0.29, 0.717) is 17.1 Å². The van der Waals surface area contributed by atoms with Gasteiger partial charge in [0.15, 0.2) is 5.17 Å². The maximum absolute atomic E-state index is 11.2. The zero-order valence-electron chi connectivity index (χ0n) is 8.10. The minimum absolute atomic E-state index is 0.224. The van der Waals surface area contributed by atoms with Crippen molar-refractivity contribution in [2.75, 3.05) is 7.11 Å². The van der Waals surface area contributed by atoms with E-state index in [4.69, 9.17) is 16.0 Å². The highest BCUT2D eigenvalue weighted by atomic mass is 32.2. The lowest BCUT2D eigenvalue weighted by Crippen LogP contribution is -2.10. The number of rotatable bonds is 3. The summed E-state index contributed by atoms with van der Waals surface area (Å²) in [5, 5.41) is 3.51. The van der Waals surface area contributed by atoms with Gasteiger partial charge in [0.1, 0.15) is 11.3 Å². The standard InChI is InChI=1S/C8H11N3O3S/c1-13-7(12)5-2-3-14-6(5)4-15-8(9)11-10/h2-3H,4,10H2,1H3,(H2,9,11). The van der Waals surface area contributed by atoms with E-state index in [9.17, 15) is 4.79 Å². The van der Waals surface area contributed by atoms with E-state index in [1.807, 2.05) is 0 Å². The number of nitrogens with two attached hydrogens (primary N) is 2. The Morgan fingerprint density at radius 3 is 3.07 bits per heavy atom. The maximum atomic E-state index is 11.2. The highest BCUT2D eigenvalue weighted by Gasteiger charge is 2.15. The SMILES string of the molecule is COC(=O)c1ccoc1CSC(N)=NN. The molecule has 1 aromatic rings. The second-order valence-corrected chi connectivity index (χ2v) is 3.50. The zero-order chi connectivity index (χ0) is 11.3. The van der Waals surface area contributed by atoms with E-state index in [2.05, 4.69) is 9.84 Å². The molecule has 4 N–H and O–H groups in total. The van der Waals surface area contributed by atoms with Gasteiger partial charge in [-0.1, -0.05) is 11.8 Å². The molecule has 0 fully saturated rings. The second kappa shape index (κ2) is 5.30. The van der Waals surface area contributed by atoms with E-state index >= 15 is 0 Å². The van der Waals surface area contributed by atoms with Gasteiger partial charge in [0.05, 0.1) is 19.1 Å². The predicted octanol–water partition coefficient (Wildman–Crippen LogP) is 0.488. The molecule has 1 heterocycles. The first kappa shape index (κ1) is 11.4. The van der Waals surface area contributed by atoms with E-state index in [-0.39, 0.29) is 5.17 Å². The van der Waals surface area contributed by atoms with Gasteiger partial charge in [0.2, 0.25) is 0 Å². The molecule has 0 aromatic carbocycles. The van der Waals surface area contributed by atoms with Crippen LogP contribution in [0.1, 0.15) is 16.1 Å². The Labute approximate surface area is 90.6 Å². The summed E-state index contributed by atoms with van der Waals surface area (Å²) in [4.78, 5) is 11.2. The van der Waals surface area contributed by atoms with Crippen molar-refractivity contribution in [3.8, 4) is 0 Å². The fourth-order valence-electron chi connectivity index (χ4n) is 0.921. The van der Waals surface area contributed by atoms with Crippen LogP contribution >= 0.6 is 11.8 Å². The summed E-state index contributed by atoms with van der Waals surface area (Å²) in [7, 11) is 1.31. The van der Waals surface area contributed by atoms with Crippen LogP contribution in [-0.4, -0.2) is 18.2 Å². The van der Waals surface area contributed by atoms with Gasteiger partial charge in [-0.2, -0.15) is 5.10 Å². The number of thioether (sulfide) groups is 1. The van der Waals surface area contributed by atoms with Crippen molar-refractivity contribution in [1.29, 1.82) is 0 Å². The lowest BCUT2D eigenvalue weighted by atomic mass is 10.3. The summed E-state index contributed by atoms with van der Waals surface area (Å²) in [6.45, 7) is 0. The van der Waals surface area contributed by atoms with Crippen molar-refractivity contribution in [3.05, 3.63) is 23.7 Å². The second-order valence-electron chi connectivity index (χ2n) is 2.51. The molecule has 0 atom stereocenters. The van der Waals surface area contributed by atoms with Gasteiger partial charge in [0.25, 0.3) is 0 Å². The summed E-state index contributed by atoms with van der Waals surface area (Å²) >= 11 is 1.18. The fraction of sp³-hybridized carbons (Fsp3) is 0.250. The molecule has 0 amide bonds. The van der Waals surface area contributed by atoms with Crippen LogP contribution in [0.5, 0.6) is 0 Å². The van der Waals surface area contributed by atoms with Gasteiger partial charge in [-0.05, 0) is 6.07 Å². The summed E-state index contributed by atoms with van der Waals surface area (Å²) in [5.41, 5.74) is 5.76. The van der Waals surface area contributed by atoms with Crippen LogP contribution < -0.4 is 11.6 Å². The van der Waals surface area contributed by atoms with Crippen molar-refractivity contribution >= 4 is 22.9 Å². The van der Waals surface area contributed by atoms with Crippen molar-refractivity contribution in [2.45, 2.75) is 5.75 Å². The molecule has 0 unspecified atom stereocenters.